The average Bonchev–Trinajstić information content (AvgIpc) is 2.71. The van der Waals surface area contributed by atoms with Gasteiger partial charge in [-0.25, -0.2) is 4.68 Å². The summed E-state index contributed by atoms with van der Waals surface area (Å²) in [6.45, 7) is 5.64. The number of aryl methyl sites for hydroxylation is 2. The van der Waals surface area contributed by atoms with E-state index < -0.39 is 5.91 Å². The molecule has 0 atom stereocenters. The van der Waals surface area contributed by atoms with E-state index in [2.05, 4.69) is 16.0 Å². The highest BCUT2D eigenvalue weighted by Gasteiger charge is 2.18. The van der Waals surface area contributed by atoms with Crippen LogP contribution in [0.15, 0.2) is 53.3 Å². The van der Waals surface area contributed by atoms with Gasteiger partial charge < -0.3 is 0 Å². The van der Waals surface area contributed by atoms with Crippen LogP contribution in [0.25, 0.3) is 10.8 Å². The van der Waals surface area contributed by atoms with Gasteiger partial charge >= 0.3 is 0 Å². The molecular weight excluding hydrogens is 368 g/mol. The molecule has 0 aliphatic carbocycles. The van der Waals surface area contributed by atoms with Crippen molar-refractivity contribution in [2.75, 3.05) is 0 Å². The summed E-state index contributed by atoms with van der Waals surface area (Å²) in [5.41, 5.74) is 6.88. The van der Waals surface area contributed by atoms with E-state index in [0.717, 1.165) is 11.1 Å². The van der Waals surface area contributed by atoms with Crippen molar-refractivity contribution >= 4 is 22.6 Å². The molecule has 29 heavy (non-hydrogen) atoms. The number of carbonyl (C=O) groups is 2. The zero-order chi connectivity index (χ0) is 21.0. The van der Waals surface area contributed by atoms with Gasteiger partial charge in [0.25, 0.3) is 11.5 Å². The number of nitrogens with one attached hydrogen (secondary N) is 2. The van der Waals surface area contributed by atoms with E-state index in [1.165, 1.54) is 4.68 Å². The van der Waals surface area contributed by atoms with Gasteiger partial charge in [-0.1, -0.05) is 48.0 Å². The molecule has 2 amide bonds. The zero-order valence-electron chi connectivity index (χ0n) is 16.7. The van der Waals surface area contributed by atoms with Crippen LogP contribution in [0.4, 0.5) is 0 Å². The van der Waals surface area contributed by atoms with Gasteiger partial charge in [0.2, 0.25) is 5.91 Å². The molecule has 1 aromatic heterocycles. The zero-order valence-corrected chi connectivity index (χ0v) is 16.7. The van der Waals surface area contributed by atoms with Gasteiger partial charge in [0.05, 0.1) is 11.4 Å². The summed E-state index contributed by atoms with van der Waals surface area (Å²) >= 11 is 0. The van der Waals surface area contributed by atoms with Gasteiger partial charge in [0.15, 0.2) is 5.69 Å². The van der Waals surface area contributed by atoms with E-state index in [9.17, 15) is 14.4 Å². The Morgan fingerprint density at radius 1 is 1.00 bits per heavy atom. The molecule has 7 nitrogen and oxygen atoms in total. The highest BCUT2D eigenvalue weighted by Crippen LogP contribution is 2.14. The van der Waals surface area contributed by atoms with Crippen molar-refractivity contribution in [3.8, 4) is 0 Å². The number of nitrogens with zero attached hydrogens (tertiary/aromatic N) is 2. The van der Waals surface area contributed by atoms with Crippen molar-refractivity contribution in [3.63, 3.8) is 0 Å². The molecule has 0 fully saturated rings. The number of carbonyl (C=O) groups excluding carboxylic acids is 2. The fourth-order valence-electron chi connectivity index (χ4n) is 2.99. The normalized spacial score (nSPS) is 10.9. The van der Waals surface area contributed by atoms with Gasteiger partial charge in [-0.05, 0) is 38.8 Å². The Labute approximate surface area is 168 Å². The van der Waals surface area contributed by atoms with Crippen LogP contribution in [0.5, 0.6) is 0 Å². The molecule has 1 heterocycles. The number of rotatable bonds is 5. The average molecular weight is 392 g/mol. The summed E-state index contributed by atoms with van der Waals surface area (Å²) in [7, 11) is 0. The lowest BCUT2D eigenvalue weighted by atomic mass is 10.1. The Kier molecular flexibility index (Phi) is 6.07. The summed E-state index contributed by atoms with van der Waals surface area (Å²) in [4.78, 5) is 37.3. The summed E-state index contributed by atoms with van der Waals surface area (Å²) < 4.78 is 1.27. The lowest BCUT2D eigenvalue weighted by Crippen LogP contribution is -2.43. The Hall–Kier alpha value is -3.48. The highest BCUT2D eigenvalue weighted by atomic mass is 16.2. The number of amides is 2. The monoisotopic (exact) mass is 392 g/mol. The first-order valence-electron chi connectivity index (χ1n) is 9.53. The minimum absolute atomic E-state index is 0.0905. The van der Waals surface area contributed by atoms with E-state index in [1.807, 2.05) is 45.0 Å². The molecule has 0 saturated carbocycles. The first kappa shape index (κ1) is 20.3. The molecule has 3 aromatic rings. The maximum absolute atomic E-state index is 12.7. The van der Waals surface area contributed by atoms with E-state index in [-0.39, 0.29) is 29.6 Å². The van der Waals surface area contributed by atoms with Crippen LogP contribution in [-0.4, -0.2) is 21.6 Å². The molecular formula is C22H24N4O3. The maximum atomic E-state index is 12.7. The predicted octanol–water partition coefficient (Wildman–Crippen LogP) is 2.68. The standard InChI is InChI=1S/C22H24N4O3/c1-14(2)26-22(29)18-7-5-4-6-17(18)20(25-26)21(28)24-23-19(27)13-12-16-10-8-15(3)9-11-16/h4-11,14H,12-13H2,1-3H3,(H,23,27)(H,24,28). The first-order chi connectivity index (χ1) is 13.9. The van der Waals surface area contributed by atoms with Gasteiger partial charge in [-0.2, -0.15) is 5.10 Å². The van der Waals surface area contributed by atoms with E-state index in [4.69, 9.17) is 0 Å². The molecule has 0 unspecified atom stereocenters. The third-order valence-corrected chi connectivity index (χ3v) is 4.61. The SMILES string of the molecule is Cc1ccc(CCC(=O)NNC(=O)c2nn(C(C)C)c(=O)c3ccccc23)cc1. The van der Waals surface area contributed by atoms with E-state index >= 15 is 0 Å². The Balaban J connectivity index is 1.71. The molecule has 2 N–H and O–H groups in total. The molecule has 0 aliphatic heterocycles. The van der Waals surface area contributed by atoms with Crippen molar-refractivity contribution in [2.24, 2.45) is 0 Å². The van der Waals surface area contributed by atoms with Crippen molar-refractivity contribution in [3.05, 3.63) is 75.7 Å². The van der Waals surface area contributed by atoms with Crippen molar-refractivity contribution in [1.29, 1.82) is 0 Å². The second-order valence-corrected chi connectivity index (χ2v) is 7.23. The number of hydrogen-bond acceptors (Lipinski definition) is 4. The molecule has 7 heteroatoms. The van der Waals surface area contributed by atoms with E-state index in [1.54, 1.807) is 24.3 Å². The first-order valence-corrected chi connectivity index (χ1v) is 9.53. The van der Waals surface area contributed by atoms with Crippen LogP contribution in [0.1, 0.15) is 47.9 Å². The topological polar surface area (TPSA) is 93.1 Å². The summed E-state index contributed by atoms with van der Waals surface area (Å²) in [6.07, 6.45) is 0.810. The number of fused-ring (bicyclic) bond motifs is 1. The maximum Gasteiger partial charge on any atom is 0.290 e. The second kappa shape index (κ2) is 8.68. The summed E-state index contributed by atoms with van der Waals surface area (Å²) in [6, 6.07) is 14.5. The van der Waals surface area contributed by atoms with Crippen molar-refractivity contribution in [1.82, 2.24) is 20.6 Å². The Morgan fingerprint density at radius 2 is 1.66 bits per heavy atom. The second-order valence-electron chi connectivity index (χ2n) is 7.23. The van der Waals surface area contributed by atoms with Crippen LogP contribution in [0.3, 0.4) is 0 Å². The molecule has 150 valence electrons. The quantitative estimate of drug-likeness (QED) is 0.653. The third kappa shape index (κ3) is 4.68. The van der Waals surface area contributed by atoms with Crippen LogP contribution in [0, 0.1) is 6.92 Å². The van der Waals surface area contributed by atoms with Gasteiger partial charge in [-0.15, -0.1) is 0 Å². The smallest absolute Gasteiger partial charge is 0.273 e. The summed E-state index contributed by atoms with van der Waals surface area (Å²) in [5, 5.41) is 5.07. The fourth-order valence-corrected chi connectivity index (χ4v) is 2.99. The van der Waals surface area contributed by atoms with Gasteiger partial charge in [0.1, 0.15) is 0 Å². The molecule has 0 saturated heterocycles. The minimum Gasteiger partial charge on any atom is -0.273 e. The number of hydrazine groups is 1. The number of aromatic nitrogens is 2. The highest BCUT2D eigenvalue weighted by molar-refractivity contribution is 6.05. The van der Waals surface area contributed by atoms with Crippen LogP contribution < -0.4 is 16.4 Å². The molecule has 2 aromatic carbocycles. The van der Waals surface area contributed by atoms with Gasteiger partial charge in [0, 0.05) is 11.8 Å². The molecule has 3 rings (SSSR count). The molecule has 0 spiro atoms. The number of benzene rings is 2. The third-order valence-electron chi connectivity index (χ3n) is 4.61. The van der Waals surface area contributed by atoms with Crippen LogP contribution in [-0.2, 0) is 11.2 Å². The molecule has 0 aliphatic rings. The molecule has 0 radical (unpaired) electrons. The Morgan fingerprint density at radius 3 is 2.31 bits per heavy atom. The lowest BCUT2D eigenvalue weighted by Gasteiger charge is -2.13. The number of hydrogen-bond donors (Lipinski definition) is 2. The van der Waals surface area contributed by atoms with Crippen molar-refractivity contribution < 1.29 is 9.59 Å². The molecule has 0 bridgehead atoms. The van der Waals surface area contributed by atoms with E-state index in [0.29, 0.717) is 17.2 Å². The Bertz CT molecular complexity index is 1100. The lowest BCUT2D eigenvalue weighted by molar-refractivity contribution is -0.121. The largest absolute Gasteiger partial charge is 0.290 e. The van der Waals surface area contributed by atoms with Crippen LogP contribution in [0.2, 0.25) is 0 Å². The predicted molar refractivity (Wildman–Crippen MR) is 111 cm³/mol. The van der Waals surface area contributed by atoms with Crippen LogP contribution >= 0.6 is 0 Å². The minimum atomic E-state index is -0.570. The van der Waals surface area contributed by atoms with Crippen molar-refractivity contribution in [2.45, 2.75) is 39.7 Å². The van der Waals surface area contributed by atoms with Gasteiger partial charge in [-0.3, -0.25) is 25.2 Å². The fraction of sp³-hybridized carbons (Fsp3) is 0.273. The summed E-state index contributed by atoms with van der Waals surface area (Å²) in [5.74, 6) is -0.875.